The number of carbonyl (C=O) groups is 1. The maximum Gasteiger partial charge on any atom is 0.255 e. The summed E-state index contributed by atoms with van der Waals surface area (Å²) in [5.41, 5.74) is 3.07. The molecule has 3 aromatic rings. The number of rotatable bonds is 5. The number of amides is 1. The molecule has 0 aliphatic rings. The third kappa shape index (κ3) is 4.06. The molecular formula is C21H20FN3O. The summed E-state index contributed by atoms with van der Waals surface area (Å²) in [6, 6.07) is 17.4. The van der Waals surface area contributed by atoms with E-state index in [-0.39, 0.29) is 11.5 Å². The lowest BCUT2D eigenvalue weighted by atomic mass is 10.2. The van der Waals surface area contributed by atoms with E-state index in [2.05, 4.69) is 41.2 Å². The van der Waals surface area contributed by atoms with Crippen LogP contribution in [-0.4, -0.2) is 17.4 Å². The predicted octanol–water partition coefficient (Wildman–Crippen LogP) is 4.94. The first-order valence-electron chi connectivity index (χ1n) is 8.44. The summed E-state index contributed by atoms with van der Waals surface area (Å²) in [7, 11) is 0. The van der Waals surface area contributed by atoms with Gasteiger partial charge >= 0.3 is 0 Å². The van der Waals surface area contributed by atoms with Gasteiger partial charge in [-0.15, -0.1) is 0 Å². The quantitative estimate of drug-likeness (QED) is 0.710. The minimum atomic E-state index is -0.442. The lowest BCUT2D eigenvalue weighted by Gasteiger charge is -2.22. The minimum Gasteiger partial charge on any atom is -0.327 e. The fraction of sp³-hybridized carbons (Fsp3) is 0.143. The van der Waals surface area contributed by atoms with Crippen LogP contribution in [0.1, 0.15) is 22.8 Å². The summed E-state index contributed by atoms with van der Waals surface area (Å²) in [5.74, 6) is -0.0187. The predicted molar refractivity (Wildman–Crippen MR) is 102 cm³/mol. The molecule has 0 saturated carbocycles. The molecule has 4 nitrogen and oxygen atoms in total. The highest BCUT2D eigenvalue weighted by molar-refractivity contribution is 6.04. The number of benzene rings is 2. The highest BCUT2D eigenvalue weighted by Gasteiger charge is 2.10. The summed E-state index contributed by atoms with van der Waals surface area (Å²) in [5, 5.41) is 2.73. The molecule has 2 aromatic carbocycles. The molecule has 5 heteroatoms. The number of nitrogens with zero attached hydrogens (tertiary/aromatic N) is 2. The third-order valence-corrected chi connectivity index (χ3v) is 4.00. The summed E-state index contributed by atoms with van der Waals surface area (Å²) in [4.78, 5) is 18.7. The average molecular weight is 349 g/mol. The fourth-order valence-electron chi connectivity index (χ4n) is 2.73. The van der Waals surface area contributed by atoms with Crippen molar-refractivity contribution < 1.29 is 9.18 Å². The van der Waals surface area contributed by atoms with E-state index < -0.39 is 5.82 Å². The van der Waals surface area contributed by atoms with E-state index in [1.54, 1.807) is 18.3 Å². The fourth-order valence-corrected chi connectivity index (χ4v) is 2.73. The molecule has 132 valence electrons. The van der Waals surface area contributed by atoms with Crippen LogP contribution < -0.4 is 10.2 Å². The Bertz CT molecular complexity index is 909. The van der Waals surface area contributed by atoms with E-state index in [9.17, 15) is 9.18 Å². The van der Waals surface area contributed by atoms with Gasteiger partial charge in [-0.2, -0.15) is 0 Å². The van der Waals surface area contributed by atoms with Crippen molar-refractivity contribution in [1.29, 1.82) is 0 Å². The Morgan fingerprint density at radius 2 is 1.92 bits per heavy atom. The molecule has 1 aromatic heterocycles. The zero-order valence-electron chi connectivity index (χ0n) is 14.7. The second kappa shape index (κ2) is 7.78. The van der Waals surface area contributed by atoms with Gasteiger partial charge in [-0.25, -0.2) is 9.37 Å². The normalized spacial score (nSPS) is 10.4. The van der Waals surface area contributed by atoms with E-state index in [1.807, 2.05) is 18.2 Å². The molecule has 0 aliphatic heterocycles. The van der Waals surface area contributed by atoms with Crippen molar-refractivity contribution in [3.63, 3.8) is 0 Å². The largest absolute Gasteiger partial charge is 0.327 e. The van der Waals surface area contributed by atoms with Crippen molar-refractivity contribution in [2.24, 2.45) is 0 Å². The van der Waals surface area contributed by atoms with E-state index in [0.29, 0.717) is 5.69 Å². The van der Waals surface area contributed by atoms with Crippen molar-refractivity contribution in [2.45, 2.75) is 13.8 Å². The van der Waals surface area contributed by atoms with Gasteiger partial charge in [0, 0.05) is 17.8 Å². The number of hydrogen-bond donors (Lipinski definition) is 1. The molecule has 0 atom stereocenters. The van der Waals surface area contributed by atoms with Gasteiger partial charge in [0.25, 0.3) is 5.91 Å². The number of hydrogen-bond acceptors (Lipinski definition) is 3. The molecule has 3 rings (SSSR count). The molecule has 0 fully saturated rings. The van der Waals surface area contributed by atoms with Crippen molar-refractivity contribution in [3.05, 3.63) is 83.8 Å². The van der Waals surface area contributed by atoms with Gasteiger partial charge in [0.1, 0.15) is 11.6 Å². The van der Waals surface area contributed by atoms with Gasteiger partial charge < -0.3 is 10.2 Å². The van der Waals surface area contributed by atoms with Gasteiger partial charge in [0.15, 0.2) is 0 Å². The Hall–Kier alpha value is -3.21. The number of pyridine rings is 1. The standard InChI is InChI=1S/C21H20FN3O/c1-3-25(19-9-4-6-15(2)12-19)20-11-10-18(14-23-20)24-21(26)16-7-5-8-17(22)13-16/h4-14H,3H2,1-2H3,(H,24,26). The molecule has 0 bridgehead atoms. The van der Waals surface area contributed by atoms with Crippen LogP contribution in [0.25, 0.3) is 0 Å². The SMILES string of the molecule is CCN(c1cccc(C)c1)c1ccc(NC(=O)c2cccc(F)c2)cn1. The Morgan fingerprint density at radius 3 is 2.58 bits per heavy atom. The Kier molecular flexibility index (Phi) is 5.27. The van der Waals surface area contributed by atoms with Crippen LogP contribution in [0.15, 0.2) is 66.9 Å². The lowest BCUT2D eigenvalue weighted by Crippen LogP contribution is -2.18. The van der Waals surface area contributed by atoms with Gasteiger partial charge in [-0.05, 0) is 61.9 Å². The van der Waals surface area contributed by atoms with E-state index in [1.165, 1.54) is 23.8 Å². The van der Waals surface area contributed by atoms with Crippen LogP contribution in [0.2, 0.25) is 0 Å². The van der Waals surface area contributed by atoms with Crippen molar-refractivity contribution in [1.82, 2.24) is 4.98 Å². The smallest absolute Gasteiger partial charge is 0.255 e. The maximum absolute atomic E-state index is 13.2. The summed E-state index contributed by atoms with van der Waals surface area (Å²) in [6.45, 7) is 4.88. The van der Waals surface area contributed by atoms with E-state index in [0.717, 1.165) is 18.1 Å². The molecule has 0 saturated heterocycles. The number of aromatic nitrogens is 1. The van der Waals surface area contributed by atoms with E-state index >= 15 is 0 Å². The Labute approximate surface area is 152 Å². The molecule has 1 amide bonds. The first-order valence-corrected chi connectivity index (χ1v) is 8.44. The number of carbonyl (C=O) groups excluding carboxylic acids is 1. The number of nitrogens with one attached hydrogen (secondary N) is 1. The molecule has 1 heterocycles. The zero-order valence-corrected chi connectivity index (χ0v) is 14.7. The van der Waals surface area contributed by atoms with Crippen LogP contribution in [0.3, 0.4) is 0 Å². The minimum absolute atomic E-state index is 0.268. The Balaban J connectivity index is 1.76. The van der Waals surface area contributed by atoms with Crippen LogP contribution in [0, 0.1) is 12.7 Å². The highest BCUT2D eigenvalue weighted by Crippen LogP contribution is 2.25. The van der Waals surface area contributed by atoms with Crippen LogP contribution >= 0.6 is 0 Å². The number of aryl methyl sites for hydroxylation is 1. The second-order valence-electron chi connectivity index (χ2n) is 5.95. The summed E-state index contributed by atoms with van der Waals surface area (Å²) in [6.07, 6.45) is 1.60. The van der Waals surface area contributed by atoms with Gasteiger partial charge in [-0.1, -0.05) is 18.2 Å². The zero-order chi connectivity index (χ0) is 18.5. The van der Waals surface area contributed by atoms with Crippen molar-refractivity contribution in [2.75, 3.05) is 16.8 Å². The molecule has 0 aliphatic carbocycles. The summed E-state index contributed by atoms with van der Waals surface area (Å²) >= 11 is 0. The van der Waals surface area contributed by atoms with Gasteiger partial charge in [-0.3, -0.25) is 4.79 Å². The lowest BCUT2D eigenvalue weighted by molar-refractivity contribution is 0.102. The first kappa shape index (κ1) is 17.6. The second-order valence-corrected chi connectivity index (χ2v) is 5.95. The highest BCUT2D eigenvalue weighted by atomic mass is 19.1. The van der Waals surface area contributed by atoms with Gasteiger partial charge in [0.2, 0.25) is 0 Å². The van der Waals surface area contributed by atoms with Crippen LogP contribution in [-0.2, 0) is 0 Å². The maximum atomic E-state index is 13.2. The summed E-state index contributed by atoms with van der Waals surface area (Å²) < 4.78 is 13.2. The number of halogens is 1. The monoisotopic (exact) mass is 349 g/mol. The topological polar surface area (TPSA) is 45.2 Å². The first-order chi connectivity index (χ1) is 12.6. The molecule has 0 spiro atoms. The van der Waals surface area contributed by atoms with Crippen LogP contribution in [0.4, 0.5) is 21.6 Å². The van der Waals surface area contributed by atoms with Crippen molar-refractivity contribution >= 4 is 23.1 Å². The van der Waals surface area contributed by atoms with Crippen molar-refractivity contribution in [3.8, 4) is 0 Å². The molecule has 0 radical (unpaired) electrons. The van der Waals surface area contributed by atoms with E-state index in [4.69, 9.17) is 0 Å². The Morgan fingerprint density at radius 1 is 1.12 bits per heavy atom. The van der Waals surface area contributed by atoms with Crippen LogP contribution in [0.5, 0.6) is 0 Å². The molecule has 1 N–H and O–H groups in total. The third-order valence-electron chi connectivity index (χ3n) is 4.00. The molecule has 0 unspecified atom stereocenters. The molecular weight excluding hydrogens is 329 g/mol. The molecule has 26 heavy (non-hydrogen) atoms. The average Bonchev–Trinajstić information content (AvgIpc) is 2.64. The van der Waals surface area contributed by atoms with Gasteiger partial charge in [0.05, 0.1) is 11.9 Å². The number of anilines is 3.